The van der Waals surface area contributed by atoms with E-state index < -0.39 is 0 Å². The summed E-state index contributed by atoms with van der Waals surface area (Å²) in [5, 5.41) is 6.34. The van der Waals surface area contributed by atoms with Gasteiger partial charge in [-0.15, -0.1) is 0 Å². The SMILES string of the molecule is CCOc1ccc(NCCC(=O)Nc2c(C)cccc2C(C)C)cc1. The van der Waals surface area contributed by atoms with Crippen LogP contribution in [0.25, 0.3) is 0 Å². The first-order chi connectivity index (χ1) is 12.0. The van der Waals surface area contributed by atoms with Crippen LogP contribution in [0.3, 0.4) is 0 Å². The lowest BCUT2D eigenvalue weighted by Crippen LogP contribution is -2.18. The topological polar surface area (TPSA) is 50.4 Å². The minimum atomic E-state index is 0.0228. The minimum Gasteiger partial charge on any atom is -0.494 e. The number of carbonyl (C=O) groups is 1. The number of hydrogen-bond acceptors (Lipinski definition) is 3. The summed E-state index contributed by atoms with van der Waals surface area (Å²) in [6.45, 7) is 9.51. The monoisotopic (exact) mass is 340 g/mol. The lowest BCUT2D eigenvalue weighted by Gasteiger charge is -2.16. The molecule has 0 bridgehead atoms. The van der Waals surface area contributed by atoms with Crippen LogP contribution in [-0.4, -0.2) is 19.1 Å². The van der Waals surface area contributed by atoms with Gasteiger partial charge < -0.3 is 15.4 Å². The molecule has 0 saturated carbocycles. The van der Waals surface area contributed by atoms with Gasteiger partial charge in [-0.2, -0.15) is 0 Å². The van der Waals surface area contributed by atoms with Crippen LogP contribution < -0.4 is 15.4 Å². The fourth-order valence-electron chi connectivity index (χ4n) is 2.70. The molecule has 2 N–H and O–H groups in total. The number of rotatable bonds is 8. The number of benzene rings is 2. The summed E-state index contributed by atoms with van der Waals surface area (Å²) in [6.07, 6.45) is 0.416. The molecule has 2 rings (SSSR count). The molecule has 0 spiro atoms. The zero-order valence-corrected chi connectivity index (χ0v) is 15.6. The van der Waals surface area contributed by atoms with Gasteiger partial charge in [0.1, 0.15) is 5.75 Å². The molecule has 25 heavy (non-hydrogen) atoms. The van der Waals surface area contributed by atoms with Crippen molar-refractivity contribution in [1.29, 1.82) is 0 Å². The second kappa shape index (κ2) is 9.11. The zero-order chi connectivity index (χ0) is 18.2. The largest absolute Gasteiger partial charge is 0.494 e. The highest BCUT2D eigenvalue weighted by Gasteiger charge is 2.11. The Labute approximate surface area is 150 Å². The zero-order valence-electron chi connectivity index (χ0n) is 15.6. The Bertz CT molecular complexity index is 694. The molecule has 0 aromatic heterocycles. The lowest BCUT2D eigenvalue weighted by atomic mass is 9.98. The Morgan fingerprint density at radius 2 is 1.84 bits per heavy atom. The van der Waals surface area contributed by atoms with Crippen molar-refractivity contribution < 1.29 is 9.53 Å². The molecule has 0 aliphatic heterocycles. The Morgan fingerprint density at radius 1 is 1.12 bits per heavy atom. The van der Waals surface area contributed by atoms with Crippen molar-refractivity contribution in [3.05, 3.63) is 53.6 Å². The van der Waals surface area contributed by atoms with Gasteiger partial charge in [-0.3, -0.25) is 4.79 Å². The van der Waals surface area contributed by atoms with Gasteiger partial charge in [-0.05, 0) is 55.2 Å². The van der Waals surface area contributed by atoms with Gasteiger partial charge in [0.15, 0.2) is 0 Å². The number of amides is 1. The molecule has 1 amide bonds. The van der Waals surface area contributed by atoms with Crippen LogP contribution in [0.4, 0.5) is 11.4 Å². The Kier molecular flexibility index (Phi) is 6.87. The van der Waals surface area contributed by atoms with E-state index in [0.717, 1.165) is 22.7 Å². The minimum absolute atomic E-state index is 0.0228. The lowest BCUT2D eigenvalue weighted by molar-refractivity contribution is -0.115. The summed E-state index contributed by atoms with van der Waals surface area (Å²) in [4.78, 5) is 12.3. The number of anilines is 2. The van der Waals surface area contributed by atoms with Crippen LogP contribution in [-0.2, 0) is 4.79 Å². The van der Waals surface area contributed by atoms with Gasteiger partial charge >= 0.3 is 0 Å². The van der Waals surface area contributed by atoms with E-state index in [0.29, 0.717) is 25.5 Å². The molecule has 0 radical (unpaired) electrons. The van der Waals surface area contributed by atoms with Crippen molar-refractivity contribution in [2.45, 2.75) is 40.0 Å². The molecule has 0 aliphatic rings. The number of para-hydroxylation sites is 1. The summed E-state index contributed by atoms with van der Waals surface area (Å²) in [5.74, 6) is 1.25. The van der Waals surface area contributed by atoms with E-state index in [1.165, 1.54) is 5.56 Å². The standard InChI is InChI=1S/C21H28N2O2/c1-5-25-18-11-9-17(10-12-18)22-14-13-20(24)23-21-16(4)7-6-8-19(21)15(2)3/h6-12,15,22H,5,13-14H2,1-4H3,(H,23,24). The molecule has 0 fully saturated rings. The molecule has 0 heterocycles. The van der Waals surface area contributed by atoms with Crippen LogP contribution in [0, 0.1) is 6.92 Å². The quantitative estimate of drug-likeness (QED) is 0.714. The van der Waals surface area contributed by atoms with Gasteiger partial charge in [0.2, 0.25) is 5.91 Å². The van der Waals surface area contributed by atoms with Crippen molar-refractivity contribution in [2.24, 2.45) is 0 Å². The van der Waals surface area contributed by atoms with Gasteiger partial charge in [0.25, 0.3) is 0 Å². The Morgan fingerprint density at radius 3 is 2.48 bits per heavy atom. The summed E-state index contributed by atoms with van der Waals surface area (Å²) in [7, 11) is 0. The van der Waals surface area contributed by atoms with Crippen LogP contribution in [0.2, 0.25) is 0 Å². The number of ether oxygens (including phenoxy) is 1. The Balaban J connectivity index is 1.87. The van der Waals surface area contributed by atoms with Crippen LogP contribution in [0.1, 0.15) is 44.2 Å². The number of hydrogen-bond donors (Lipinski definition) is 2. The van der Waals surface area contributed by atoms with Crippen molar-refractivity contribution in [1.82, 2.24) is 0 Å². The molecule has 4 heteroatoms. The van der Waals surface area contributed by atoms with Gasteiger partial charge in [0, 0.05) is 24.3 Å². The third-order valence-electron chi connectivity index (χ3n) is 4.04. The van der Waals surface area contributed by atoms with Crippen molar-refractivity contribution in [3.63, 3.8) is 0 Å². The fourth-order valence-corrected chi connectivity index (χ4v) is 2.70. The first-order valence-electron chi connectivity index (χ1n) is 8.87. The summed E-state index contributed by atoms with van der Waals surface area (Å²) in [5.41, 5.74) is 4.20. The highest BCUT2D eigenvalue weighted by Crippen LogP contribution is 2.27. The third-order valence-corrected chi connectivity index (χ3v) is 4.04. The second-order valence-electron chi connectivity index (χ2n) is 6.38. The summed E-state index contributed by atoms with van der Waals surface area (Å²) >= 11 is 0. The van der Waals surface area contributed by atoms with E-state index in [-0.39, 0.29) is 5.91 Å². The molecule has 0 atom stereocenters. The molecule has 0 saturated heterocycles. The average molecular weight is 340 g/mol. The molecular formula is C21H28N2O2. The Hall–Kier alpha value is -2.49. The third kappa shape index (κ3) is 5.52. The molecule has 134 valence electrons. The van der Waals surface area contributed by atoms with Crippen LogP contribution >= 0.6 is 0 Å². The van der Waals surface area contributed by atoms with Crippen molar-refractivity contribution in [3.8, 4) is 5.75 Å². The molecule has 0 aliphatic carbocycles. The average Bonchev–Trinajstić information content (AvgIpc) is 2.58. The molecule has 0 unspecified atom stereocenters. The number of carbonyl (C=O) groups excluding carboxylic acids is 1. The van der Waals surface area contributed by atoms with Crippen molar-refractivity contribution in [2.75, 3.05) is 23.8 Å². The molecule has 2 aromatic carbocycles. The van der Waals surface area contributed by atoms with Crippen LogP contribution in [0.5, 0.6) is 5.75 Å². The smallest absolute Gasteiger partial charge is 0.226 e. The van der Waals surface area contributed by atoms with E-state index in [1.807, 2.05) is 50.2 Å². The first-order valence-corrected chi connectivity index (χ1v) is 8.87. The first kappa shape index (κ1) is 18.8. The van der Waals surface area contributed by atoms with Gasteiger partial charge in [-0.25, -0.2) is 0 Å². The molecule has 2 aromatic rings. The van der Waals surface area contributed by atoms with E-state index in [2.05, 4.69) is 30.5 Å². The van der Waals surface area contributed by atoms with Crippen molar-refractivity contribution >= 4 is 17.3 Å². The summed E-state index contributed by atoms with van der Waals surface area (Å²) in [6, 6.07) is 13.9. The fraction of sp³-hybridized carbons (Fsp3) is 0.381. The number of aryl methyl sites for hydroxylation is 1. The molecular weight excluding hydrogens is 312 g/mol. The maximum Gasteiger partial charge on any atom is 0.226 e. The predicted molar refractivity (Wildman–Crippen MR) is 105 cm³/mol. The highest BCUT2D eigenvalue weighted by atomic mass is 16.5. The van der Waals surface area contributed by atoms with Gasteiger partial charge in [-0.1, -0.05) is 32.0 Å². The summed E-state index contributed by atoms with van der Waals surface area (Å²) < 4.78 is 5.42. The van der Waals surface area contributed by atoms with E-state index in [9.17, 15) is 4.79 Å². The van der Waals surface area contributed by atoms with E-state index >= 15 is 0 Å². The molecule has 4 nitrogen and oxygen atoms in total. The normalized spacial score (nSPS) is 10.6. The maximum absolute atomic E-state index is 12.3. The predicted octanol–water partition coefficient (Wildman–Crippen LogP) is 4.96. The maximum atomic E-state index is 12.3. The number of nitrogens with one attached hydrogen (secondary N) is 2. The van der Waals surface area contributed by atoms with E-state index in [1.54, 1.807) is 0 Å². The second-order valence-corrected chi connectivity index (χ2v) is 6.38. The van der Waals surface area contributed by atoms with Crippen LogP contribution in [0.15, 0.2) is 42.5 Å². The van der Waals surface area contributed by atoms with Gasteiger partial charge in [0.05, 0.1) is 6.61 Å². The van der Waals surface area contributed by atoms with E-state index in [4.69, 9.17) is 4.74 Å². The highest BCUT2D eigenvalue weighted by molar-refractivity contribution is 5.92.